The van der Waals surface area contributed by atoms with E-state index < -0.39 is 10.2 Å². The fourth-order valence-electron chi connectivity index (χ4n) is 5.57. The molecule has 0 N–H and O–H groups in total. The Kier molecular flexibility index (Phi) is 5.44. The van der Waals surface area contributed by atoms with Gasteiger partial charge in [0.2, 0.25) is 0 Å². The molecule has 8 heteroatoms. The van der Waals surface area contributed by atoms with Crippen molar-refractivity contribution in [2.75, 3.05) is 0 Å². The molecule has 0 saturated heterocycles. The molecule has 0 fully saturated rings. The molecule has 1 aromatic carbocycles. The van der Waals surface area contributed by atoms with Crippen LogP contribution in [0.4, 0.5) is 0 Å². The molecule has 2 unspecified atom stereocenters. The lowest BCUT2D eigenvalue weighted by Crippen LogP contribution is -2.68. The van der Waals surface area contributed by atoms with Gasteiger partial charge in [-0.05, 0) is 41.0 Å². The van der Waals surface area contributed by atoms with E-state index in [4.69, 9.17) is 18.6 Å². The second-order valence-electron chi connectivity index (χ2n) is 8.14. The van der Waals surface area contributed by atoms with Crippen LogP contribution in [0.1, 0.15) is 46.3 Å². The molecule has 1 aliphatic carbocycles. The Bertz CT molecular complexity index is 1170. The molecule has 3 aliphatic rings. The first-order valence-corrected chi connectivity index (χ1v) is 11.6. The Hall–Kier alpha value is -3.20. The maximum Gasteiger partial charge on any atom is 0.190 e. The molecule has 0 radical (unpaired) electrons. The zero-order chi connectivity index (χ0) is 23.1. The van der Waals surface area contributed by atoms with Crippen LogP contribution in [0.3, 0.4) is 0 Å². The molecule has 3 aromatic heterocycles. The molecule has 7 nitrogen and oxygen atoms in total. The van der Waals surface area contributed by atoms with Crippen molar-refractivity contribution < 1.29 is 33.4 Å². The van der Waals surface area contributed by atoms with E-state index >= 15 is 0 Å². The van der Waals surface area contributed by atoms with E-state index in [9.17, 15) is 0 Å². The predicted molar refractivity (Wildman–Crippen MR) is 107 cm³/mol. The van der Waals surface area contributed by atoms with Gasteiger partial charge in [0.15, 0.2) is 17.9 Å². The summed E-state index contributed by atoms with van der Waals surface area (Å²) in [6.07, 6.45) is 11.0. The van der Waals surface area contributed by atoms with Gasteiger partial charge in [0.25, 0.3) is 0 Å². The van der Waals surface area contributed by atoms with E-state index in [0.29, 0.717) is 6.04 Å². The summed E-state index contributed by atoms with van der Waals surface area (Å²) in [6, 6.07) is 24.7. The van der Waals surface area contributed by atoms with Crippen LogP contribution >= 0.6 is 0 Å². The van der Waals surface area contributed by atoms with Crippen molar-refractivity contribution in [2.45, 2.75) is 23.8 Å². The minimum atomic E-state index is -4.94. The first kappa shape index (κ1) is 21.6. The third-order valence-corrected chi connectivity index (χ3v) is 6.62. The molecule has 2 atom stereocenters. The van der Waals surface area contributed by atoms with Gasteiger partial charge in [0, 0.05) is 54.3 Å². The number of hydrogen-bond donors (Lipinski definition) is 0. The third-order valence-electron chi connectivity index (χ3n) is 6.62. The lowest BCUT2D eigenvalue weighted by molar-refractivity contribution is -2.00. The zero-order valence-electron chi connectivity index (χ0n) is 17.5. The van der Waals surface area contributed by atoms with E-state index in [1.165, 1.54) is 27.9 Å². The highest BCUT2D eigenvalue weighted by Gasteiger charge is 2.59. The van der Waals surface area contributed by atoms with Crippen molar-refractivity contribution in [3.63, 3.8) is 0 Å². The van der Waals surface area contributed by atoms with Gasteiger partial charge in [0.05, 0.1) is 5.92 Å². The van der Waals surface area contributed by atoms with Crippen LogP contribution in [0.25, 0.3) is 0 Å². The monoisotopic (exact) mass is 461 g/mol. The maximum absolute atomic E-state index is 8.49. The Morgan fingerprint density at radius 3 is 1.82 bits per heavy atom. The molecule has 0 spiro atoms. The van der Waals surface area contributed by atoms with Crippen molar-refractivity contribution in [1.29, 1.82) is 0 Å². The van der Waals surface area contributed by atoms with Crippen LogP contribution in [0.2, 0.25) is 0 Å². The SMILES string of the molecule is [O-][Cl+3]([O-])([O-])[O-].c1ccc2c(c1)C1CC(c3ccncc3)(c3ccncc3)C2c2cccc[n+]21. The van der Waals surface area contributed by atoms with Gasteiger partial charge in [-0.3, -0.25) is 9.97 Å². The normalized spacial score (nSPS) is 19.6. The van der Waals surface area contributed by atoms with Gasteiger partial charge in [-0.2, -0.15) is 4.57 Å². The van der Waals surface area contributed by atoms with Crippen LogP contribution in [0.15, 0.2) is 97.7 Å². The summed E-state index contributed by atoms with van der Waals surface area (Å²) in [4.78, 5) is 8.60. The van der Waals surface area contributed by atoms with E-state index in [1.807, 2.05) is 24.8 Å². The maximum atomic E-state index is 8.49. The predicted octanol–water partition coefficient (Wildman–Crippen LogP) is -0.567. The molecule has 5 heterocycles. The molecule has 7 rings (SSSR count). The van der Waals surface area contributed by atoms with Crippen molar-refractivity contribution in [1.82, 2.24) is 9.97 Å². The molecule has 2 aliphatic heterocycles. The fraction of sp³-hybridized carbons (Fsp3) is 0.160. The minimum absolute atomic E-state index is 0.133. The Balaban J connectivity index is 0.000000416. The molecule has 166 valence electrons. The molecule has 0 amide bonds. The summed E-state index contributed by atoms with van der Waals surface area (Å²) in [7, 11) is -4.94. The fourth-order valence-corrected chi connectivity index (χ4v) is 5.57. The van der Waals surface area contributed by atoms with Gasteiger partial charge in [-0.25, -0.2) is 18.6 Å². The Labute approximate surface area is 193 Å². The summed E-state index contributed by atoms with van der Waals surface area (Å²) >= 11 is 0. The lowest BCUT2D eigenvalue weighted by atomic mass is 9.53. The number of rotatable bonds is 2. The number of nitrogens with zero attached hydrogens (tertiary/aromatic N) is 3. The quantitative estimate of drug-likeness (QED) is 0.368. The van der Waals surface area contributed by atoms with Crippen LogP contribution in [-0.2, 0) is 5.41 Å². The van der Waals surface area contributed by atoms with Crippen molar-refractivity contribution >= 4 is 0 Å². The van der Waals surface area contributed by atoms with E-state index in [-0.39, 0.29) is 11.3 Å². The highest BCUT2D eigenvalue weighted by Crippen LogP contribution is 2.59. The van der Waals surface area contributed by atoms with Gasteiger partial charge >= 0.3 is 0 Å². The molecular weight excluding hydrogens is 442 g/mol. The van der Waals surface area contributed by atoms with Gasteiger partial charge in [-0.1, -0.05) is 30.3 Å². The van der Waals surface area contributed by atoms with Crippen molar-refractivity contribution in [3.05, 3.63) is 126 Å². The van der Waals surface area contributed by atoms with Crippen LogP contribution in [-0.4, -0.2) is 9.97 Å². The summed E-state index contributed by atoms with van der Waals surface area (Å²) < 4.78 is 36.5. The number of fused-ring (bicyclic) bond motifs is 1. The second-order valence-corrected chi connectivity index (χ2v) is 8.89. The zero-order valence-corrected chi connectivity index (χ0v) is 18.2. The molecule has 4 aromatic rings. The standard InChI is InChI=1S/C25H20N3.ClHO4/c1-2-6-21-20(5-1)23-17-25(18-8-12-26-13-9-18,19-10-14-27-15-11-19)24(21)22-7-3-4-16-28(22)23;2-1(3,4)5/h1-16,23-24H,17H2;(H,2,3,4,5)/q+1;/p-1. The van der Waals surface area contributed by atoms with E-state index in [0.717, 1.165) is 6.42 Å². The largest absolute Gasteiger partial charge is 0.265 e. The number of halogens is 1. The van der Waals surface area contributed by atoms with E-state index in [1.54, 1.807) is 0 Å². The third kappa shape index (κ3) is 3.80. The van der Waals surface area contributed by atoms with Gasteiger partial charge in [-0.15, -0.1) is 10.2 Å². The first-order valence-electron chi connectivity index (χ1n) is 10.4. The number of aromatic nitrogens is 3. The van der Waals surface area contributed by atoms with E-state index in [2.05, 4.69) is 87.5 Å². The topological polar surface area (TPSA) is 122 Å². The van der Waals surface area contributed by atoms with Crippen molar-refractivity contribution in [2.24, 2.45) is 0 Å². The molecule has 2 bridgehead atoms. The highest BCUT2D eigenvalue weighted by molar-refractivity contribution is 5.54. The Morgan fingerprint density at radius 1 is 0.727 bits per heavy atom. The Morgan fingerprint density at radius 2 is 1.24 bits per heavy atom. The van der Waals surface area contributed by atoms with Gasteiger partial charge < -0.3 is 0 Å². The van der Waals surface area contributed by atoms with Crippen LogP contribution in [0, 0.1) is 10.2 Å². The molecule has 0 saturated carbocycles. The average Bonchev–Trinajstić information content (AvgIpc) is 2.84. The smallest absolute Gasteiger partial charge is 0.190 e. The highest BCUT2D eigenvalue weighted by atomic mass is 35.7. The average molecular weight is 462 g/mol. The van der Waals surface area contributed by atoms with Crippen molar-refractivity contribution in [3.8, 4) is 0 Å². The van der Waals surface area contributed by atoms with Gasteiger partial charge in [0.1, 0.15) is 0 Å². The lowest BCUT2D eigenvalue weighted by Gasteiger charge is -2.49. The second kappa shape index (κ2) is 8.30. The number of hydrogen-bond acceptors (Lipinski definition) is 6. The molecule has 33 heavy (non-hydrogen) atoms. The minimum Gasteiger partial charge on any atom is -0.265 e. The summed E-state index contributed by atoms with van der Waals surface area (Å²) in [5.74, 6) is 0.250. The summed E-state index contributed by atoms with van der Waals surface area (Å²) in [5, 5.41) is 0. The summed E-state index contributed by atoms with van der Waals surface area (Å²) in [6.45, 7) is 0. The number of benzene rings is 1. The van der Waals surface area contributed by atoms with Crippen LogP contribution < -0.4 is 23.2 Å². The molecular formula is C25H20ClN3O4. The van der Waals surface area contributed by atoms with Crippen LogP contribution in [0.5, 0.6) is 0 Å². The first-order chi connectivity index (χ1) is 15.9. The number of pyridine rings is 3. The summed E-state index contributed by atoms with van der Waals surface area (Å²) in [5.41, 5.74) is 6.80.